The summed E-state index contributed by atoms with van der Waals surface area (Å²) in [6.07, 6.45) is 1.06. The molecule has 5 heteroatoms. The van der Waals surface area contributed by atoms with Crippen LogP contribution in [0.15, 0.2) is 36.4 Å². The molecule has 0 aliphatic heterocycles. The minimum Gasteiger partial charge on any atom is -0.478 e. The van der Waals surface area contributed by atoms with Crippen LogP contribution in [0, 0.1) is 13.8 Å². The van der Waals surface area contributed by atoms with E-state index in [0.717, 1.165) is 17.5 Å². The second-order valence-electron chi connectivity index (χ2n) is 6.31. The Bertz CT molecular complexity index is 838. The standard InChI is InChI=1S/C21H23NO4/c1-4-15-5-7-16(8-6-15)19(23)9-10-20(24)22-18-12-17(21(25)26)13(2)11-14(18)3/h5-8,11-12H,4,9-10H2,1-3H3,(H,22,24)(H,25,26). The van der Waals surface area contributed by atoms with Crippen molar-refractivity contribution in [2.24, 2.45) is 0 Å². The van der Waals surface area contributed by atoms with Crippen molar-refractivity contribution < 1.29 is 19.5 Å². The highest BCUT2D eigenvalue weighted by molar-refractivity contribution is 6.00. The lowest BCUT2D eigenvalue weighted by Gasteiger charge is -2.11. The van der Waals surface area contributed by atoms with Crippen LogP contribution < -0.4 is 5.32 Å². The summed E-state index contributed by atoms with van der Waals surface area (Å²) in [4.78, 5) is 35.6. The van der Waals surface area contributed by atoms with Gasteiger partial charge in [-0.2, -0.15) is 0 Å². The first-order valence-corrected chi connectivity index (χ1v) is 8.58. The predicted molar refractivity (Wildman–Crippen MR) is 101 cm³/mol. The van der Waals surface area contributed by atoms with Crippen LogP contribution in [0.4, 0.5) is 5.69 Å². The van der Waals surface area contributed by atoms with Crippen LogP contribution in [-0.2, 0) is 11.2 Å². The van der Waals surface area contributed by atoms with Crippen LogP contribution in [-0.4, -0.2) is 22.8 Å². The third-order valence-corrected chi connectivity index (χ3v) is 4.34. The van der Waals surface area contributed by atoms with Crippen molar-refractivity contribution in [3.05, 3.63) is 64.2 Å². The van der Waals surface area contributed by atoms with Gasteiger partial charge < -0.3 is 10.4 Å². The number of benzene rings is 2. The fourth-order valence-corrected chi connectivity index (χ4v) is 2.73. The van der Waals surface area contributed by atoms with E-state index in [4.69, 9.17) is 0 Å². The molecule has 0 unspecified atom stereocenters. The zero-order valence-electron chi connectivity index (χ0n) is 15.3. The maximum absolute atomic E-state index is 12.2. The molecule has 0 bridgehead atoms. The number of hydrogen-bond donors (Lipinski definition) is 2. The van der Waals surface area contributed by atoms with Crippen molar-refractivity contribution in [2.45, 2.75) is 40.0 Å². The van der Waals surface area contributed by atoms with Gasteiger partial charge in [0.2, 0.25) is 5.91 Å². The minimum atomic E-state index is -1.04. The number of amides is 1. The Morgan fingerprint density at radius 1 is 0.962 bits per heavy atom. The number of aryl methyl sites for hydroxylation is 3. The molecule has 0 spiro atoms. The summed E-state index contributed by atoms with van der Waals surface area (Å²) in [6, 6.07) is 10.6. The SMILES string of the molecule is CCc1ccc(C(=O)CCC(=O)Nc2cc(C(=O)O)c(C)cc2C)cc1. The maximum atomic E-state index is 12.2. The first-order chi connectivity index (χ1) is 12.3. The van der Waals surface area contributed by atoms with Gasteiger partial charge in [0.15, 0.2) is 5.78 Å². The Kier molecular flexibility index (Phi) is 6.28. The van der Waals surface area contributed by atoms with E-state index in [1.54, 1.807) is 32.0 Å². The van der Waals surface area contributed by atoms with E-state index in [9.17, 15) is 19.5 Å². The average Bonchev–Trinajstić information content (AvgIpc) is 2.61. The summed E-state index contributed by atoms with van der Waals surface area (Å²) in [5, 5.41) is 11.9. The van der Waals surface area contributed by atoms with Crippen molar-refractivity contribution in [2.75, 3.05) is 5.32 Å². The molecule has 0 aromatic heterocycles. The Hall–Kier alpha value is -2.95. The average molecular weight is 353 g/mol. The molecule has 5 nitrogen and oxygen atoms in total. The zero-order valence-corrected chi connectivity index (χ0v) is 15.3. The Balaban J connectivity index is 1.99. The van der Waals surface area contributed by atoms with E-state index in [2.05, 4.69) is 5.32 Å². The van der Waals surface area contributed by atoms with Gasteiger partial charge in [0, 0.05) is 24.1 Å². The van der Waals surface area contributed by atoms with Gasteiger partial charge in [0.25, 0.3) is 0 Å². The second-order valence-corrected chi connectivity index (χ2v) is 6.31. The molecule has 2 rings (SSSR count). The third kappa shape index (κ3) is 4.79. The van der Waals surface area contributed by atoms with Crippen LogP contribution in [0.3, 0.4) is 0 Å². The number of carboxylic acids is 1. The number of ketones is 1. The molecule has 136 valence electrons. The minimum absolute atomic E-state index is 0.0457. The number of hydrogen-bond acceptors (Lipinski definition) is 3. The Morgan fingerprint density at radius 3 is 2.19 bits per heavy atom. The molecule has 2 aromatic rings. The van der Waals surface area contributed by atoms with Gasteiger partial charge in [-0.05, 0) is 43.0 Å². The predicted octanol–water partition coefficient (Wildman–Crippen LogP) is 4.17. The van der Waals surface area contributed by atoms with Gasteiger partial charge in [-0.1, -0.05) is 37.3 Å². The second kappa shape index (κ2) is 8.43. The Labute approximate surface area is 153 Å². The lowest BCUT2D eigenvalue weighted by atomic mass is 10.0. The van der Waals surface area contributed by atoms with Gasteiger partial charge in [-0.3, -0.25) is 9.59 Å². The van der Waals surface area contributed by atoms with E-state index < -0.39 is 5.97 Å². The van der Waals surface area contributed by atoms with E-state index in [1.807, 2.05) is 19.1 Å². The van der Waals surface area contributed by atoms with E-state index >= 15 is 0 Å². The smallest absolute Gasteiger partial charge is 0.336 e. The van der Waals surface area contributed by atoms with Crippen LogP contribution in [0.1, 0.15) is 57.2 Å². The molecule has 2 N–H and O–H groups in total. The quantitative estimate of drug-likeness (QED) is 0.732. The molecule has 26 heavy (non-hydrogen) atoms. The number of aromatic carboxylic acids is 1. The van der Waals surface area contributed by atoms with Crippen molar-refractivity contribution in [1.82, 2.24) is 0 Å². The molecular weight excluding hydrogens is 330 g/mol. The first kappa shape index (κ1) is 19.4. The van der Waals surface area contributed by atoms with Gasteiger partial charge in [0.05, 0.1) is 5.56 Å². The molecule has 1 amide bonds. The number of anilines is 1. The van der Waals surface area contributed by atoms with Crippen LogP contribution >= 0.6 is 0 Å². The van der Waals surface area contributed by atoms with Crippen molar-refractivity contribution in [3.8, 4) is 0 Å². The van der Waals surface area contributed by atoms with Crippen molar-refractivity contribution in [1.29, 1.82) is 0 Å². The molecule has 0 atom stereocenters. The number of carboxylic acid groups (broad SMARTS) is 1. The van der Waals surface area contributed by atoms with Crippen LogP contribution in [0.25, 0.3) is 0 Å². The molecule has 0 aliphatic rings. The number of carbonyl (C=O) groups is 3. The summed E-state index contributed by atoms with van der Waals surface area (Å²) in [5.74, 6) is -1.44. The molecule has 0 fully saturated rings. The van der Waals surface area contributed by atoms with E-state index in [0.29, 0.717) is 16.8 Å². The lowest BCUT2D eigenvalue weighted by molar-refractivity contribution is -0.116. The van der Waals surface area contributed by atoms with Gasteiger partial charge in [-0.15, -0.1) is 0 Å². The van der Waals surface area contributed by atoms with E-state index in [-0.39, 0.29) is 30.1 Å². The summed E-state index contributed by atoms with van der Waals surface area (Å²) in [5.41, 5.74) is 3.77. The maximum Gasteiger partial charge on any atom is 0.336 e. The fourth-order valence-electron chi connectivity index (χ4n) is 2.73. The van der Waals surface area contributed by atoms with Gasteiger partial charge >= 0.3 is 5.97 Å². The Morgan fingerprint density at radius 2 is 1.62 bits per heavy atom. The van der Waals surface area contributed by atoms with Crippen LogP contribution in [0.5, 0.6) is 0 Å². The summed E-state index contributed by atoms with van der Waals surface area (Å²) >= 11 is 0. The summed E-state index contributed by atoms with van der Waals surface area (Å²) in [6.45, 7) is 5.56. The number of rotatable bonds is 7. The largest absolute Gasteiger partial charge is 0.478 e. The van der Waals surface area contributed by atoms with Crippen molar-refractivity contribution >= 4 is 23.3 Å². The number of carbonyl (C=O) groups excluding carboxylic acids is 2. The molecular formula is C21H23NO4. The highest BCUT2D eigenvalue weighted by Crippen LogP contribution is 2.21. The molecule has 0 radical (unpaired) electrons. The monoisotopic (exact) mass is 353 g/mol. The number of Topliss-reactive ketones (excluding diaryl/α,β-unsaturated/α-hetero) is 1. The summed E-state index contributed by atoms with van der Waals surface area (Å²) < 4.78 is 0. The highest BCUT2D eigenvalue weighted by atomic mass is 16.4. The normalized spacial score (nSPS) is 10.4. The lowest BCUT2D eigenvalue weighted by Crippen LogP contribution is -2.15. The summed E-state index contributed by atoms with van der Waals surface area (Å²) in [7, 11) is 0. The molecule has 0 saturated heterocycles. The van der Waals surface area contributed by atoms with E-state index in [1.165, 1.54) is 6.07 Å². The third-order valence-electron chi connectivity index (χ3n) is 4.34. The fraction of sp³-hybridized carbons (Fsp3) is 0.286. The van der Waals surface area contributed by atoms with Gasteiger partial charge in [-0.25, -0.2) is 4.79 Å². The zero-order chi connectivity index (χ0) is 19.3. The van der Waals surface area contributed by atoms with Gasteiger partial charge in [0.1, 0.15) is 0 Å². The van der Waals surface area contributed by atoms with Crippen molar-refractivity contribution in [3.63, 3.8) is 0 Å². The molecule has 0 aliphatic carbocycles. The first-order valence-electron chi connectivity index (χ1n) is 8.58. The topological polar surface area (TPSA) is 83.5 Å². The number of nitrogens with one attached hydrogen (secondary N) is 1. The molecule has 2 aromatic carbocycles. The molecule has 0 saturated carbocycles. The molecule has 0 heterocycles. The highest BCUT2D eigenvalue weighted by Gasteiger charge is 2.14. The van der Waals surface area contributed by atoms with Crippen LogP contribution in [0.2, 0.25) is 0 Å².